The molecule has 3 heterocycles. The fourth-order valence-electron chi connectivity index (χ4n) is 3.15. The molecule has 1 fully saturated rings. The average molecular weight is 369 g/mol. The lowest BCUT2D eigenvalue weighted by molar-refractivity contribution is -0.117. The first-order chi connectivity index (χ1) is 12.6. The Morgan fingerprint density at radius 2 is 2.08 bits per heavy atom. The molecule has 0 unspecified atom stereocenters. The molecular formula is C18H19N5O2S. The number of benzene rings is 1. The molecule has 1 aliphatic heterocycles. The normalized spacial score (nSPS) is 14.1. The van der Waals surface area contributed by atoms with Crippen LogP contribution in [0.1, 0.15) is 17.8 Å². The maximum atomic E-state index is 12.3. The fraction of sp³-hybridized carbons (Fsp3) is 0.333. The topological polar surface area (TPSA) is 80.1 Å². The number of hydrogen-bond acceptors (Lipinski definition) is 6. The van der Waals surface area contributed by atoms with Gasteiger partial charge in [-0.15, -0.1) is 11.3 Å². The number of aryl methyl sites for hydroxylation is 1. The van der Waals surface area contributed by atoms with Gasteiger partial charge in [0.25, 0.3) is 5.56 Å². The van der Waals surface area contributed by atoms with Crippen molar-refractivity contribution in [3.05, 3.63) is 45.8 Å². The monoisotopic (exact) mass is 369 g/mol. The zero-order valence-corrected chi connectivity index (χ0v) is 15.3. The number of thiazole rings is 1. The van der Waals surface area contributed by atoms with Crippen molar-refractivity contribution in [2.24, 2.45) is 0 Å². The van der Waals surface area contributed by atoms with Crippen LogP contribution in [-0.4, -0.2) is 33.8 Å². The van der Waals surface area contributed by atoms with E-state index in [1.54, 1.807) is 23.6 Å². The molecule has 4 rings (SSSR count). The molecule has 8 heteroatoms. The Morgan fingerprint density at radius 1 is 1.27 bits per heavy atom. The third kappa shape index (κ3) is 3.45. The van der Waals surface area contributed by atoms with Crippen LogP contribution in [0.15, 0.2) is 35.3 Å². The molecule has 7 nitrogen and oxygen atoms in total. The summed E-state index contributed by atoms with van der Waals surface area (Å²) in [5, 5.41) is 7.94. The van der Waals surface area contributed by atoms with Crippen LogP contribution in [0, 0.1) is 6.92 Å². The Kier molecular flexibility index (Phi) is 4.42. The number of hydrogen-bond donors (Lipinski definition) is 1. The highest BCUT2D eigenvalue weighted by Gasteiger charge is 2.14. The van der Waals surface area contributed by atoms with Crippen LogP contribution in [0.2, 0.25) is 0 Å². The molecule has 1 amide bonds. The highest BCUT2D eigenvalue weighted by Crippen LogP contribution is 2.24. The van der Waals surface area contributed by atoms with Crippen LogP contribution in [0.4, 0.5) is 11.4 Å². The number of aromatic nitrogens is 3. The van der Waals surface area contributed by atoms with Gasteiger partial charge < -0.3 is 10.2 Å². The second kappa shape index (κ2) is 6.87. The highest BCUT2D eigenvalue weighted by atomic mass is 32.1. The molecule has 1 saturated heterocycles. The maximum absolute atomic E-state index is 12.3. The van der Waals surface area contributed by atoms with Gasteiger partial charge in [0.1, 0.15) is 6.54 Å². The van der Waals surface area contributed by atoms with Crippen LogP contribution < -0.4 is 15.8 Å². The molecule has 0 spiro atoms. The van der Waals surface area contributed by atoms with Crippen molar-refractivity contribution >= 4 is 38.8 Å². The van der Waals surface area contributed by atoms with Crippen molar-refractivity contribution in [3.8, 4) is 0 Å². The second-order valence-corrected chi connectivity index (χ2v) is 7.60. The maximum Gasteiger partial charge on any atom is 0.269 e. The summed E-state index contributed by atoms with van der Waals surface area (Å²) in [5.41, 5.74) is 2.08. The van der Waals surface area contributed by atoms with Gasteiger partial charge in [0.2, 0.25) is 5.91 Å². The zero-order valence-electron chi connectivity index (χ0n) is 14.4. The van der Waals surface area contributed by atoms with Gasteiger partial charge in [-0.1, -0.05) is 0 Å². The minimum atomic E-state index is -0.292. The van der Waals surface area contributed by atoms with Crippen LogP contribution in [0.5, 0.6) is 0 Å². The molecule has 1 aliphatic rings. The van der Waals surface area contributed by atoms with Gasteiger partial charge in [-0.2, -0.15) is 5.10 Å². The van der Waals surface area contributed by atoms with E-state index in [2.05, 4.69) is 20.3 Å². The Balaban J connectivity index is 1.45. The summed E-state index contributed by atoms with van der Waals surface area (Å²) in [4.78, 5) is 31.1. The predicted molar refractivity (Wildman–Crippen MR) is 103 cm³/mol. The number of amides is 1. The summed E-state index contributed by atoms with van der Waals surface area (Å²) in [6.07, 6.45) is 3.92. The lowest BCUT2D eigenvalue weighted by Crippen LogP contribution is -2.30. The van der Waals surface area contributed by atoms with Gasteiger partial charge in [-0.3, -0.25) is 9.59 Å². The molecule has 0 saturated carbocycles. The number of nitrogens with one attached hydrogen (secondary N) is 1. The molecule has 0 atom stereocenters. The van der Waals surface area contributed by atoms with Crippen molar-refractivity contribution in [2.75, 3.05) is 23.3 Å². The van der Waals surface area contributed by atoms with E-state index in [1.807, 2.05) is 25.1 Å². The first kappa shape index (κ1) is 16.7. The number of fused-ring (bicyclic) bond motifs is 1. The van der Waals surface area contributed by atoms with Gasteiger partial charge in [0.15, 0.2) is 0 Å². The summed E-state index contributed by atoms with van der Waals surface area (Å²) in [6.45, 7) is 3.73. The smallest absolute Gasteiger partial charge is 0.269 e. The van der Waals surface area contributed by atoms with Crippen molar-refractivity contribution < 1.29 is 4.79 Å². The van der Waals surface area contributed by atoms with Crippen molar-refractivity contribution in [3.63, 3.8) is 0 Å². The molecule has 134 valence electrons. The minimum Gasteiger partial charge on any atom is -0.370 e. The van der Waals surface area contributed by atoms with Gasteiger partial charge in [-0.25, -0.2) is 9.67 Å². The van der Waals surface area contributed by atoms with Crippen molar-refractivity contribution in [1.82, 2.24) is 14.8 Å². The van der Waals surface area contributed by atoms with Crippen LogP contribution in [0.3, 0.4) is 0 Å². The summed E-state index contributed by atoms with van der Waals surface area (Å²) in [6, 6.07) is 7.16. The van der Waals surface area contributed by atoms with Crippen molar-refractivity contribution in [2.45, 2.75) is 26.3 Å². The molecule has 2 aromatic heterocycles. The largest absolute Gasteiger partial charge is 0.370 e. The first-order valence-corrected chi connectivity index (χ1v) is 9.39. The van der Waals surface area contributed by atoms with Gasteiger partial charge in [0, 0.05) is 24.8 Å². The molecule has 26 heavy (non-hydrogen) atoms. The van der Waals surface area contributed by atoms with Crippen molar-refractivity contribution in [1.29, 1.82) is 0 Å². The zero-order chi connectivity index (χ0) is 18.1. The number of nitrogens with zero attached hydrogens (tertiary/aromatic N) is 4. The quantitative estimate of drug-likeness (QED) is 0.764. The molecule has 1 aromatic carbocycles. The van der Waals surface area contributed by atoms with Gasteiger partial charge in [0.05, 0.1) is 27.1 Å². The average Bonchev–Trinajstić information content (AvgIpc) is 3.25. The van der Waals surface area contributed by atoms with Gasteiger partial charge in [-0.05, 0) is 38.0 Å². The Morgan fingerprint density at radius 3 is 2.85 bits per heavy atom. The van der Waals surface area contributed by atoms with E-state index in [-0.39, 0.29) is 18.0 Å². The number of carbonyl (C=O) groups excluding carboxylic acids is 1. The van der Waals surface area contributed by atoms with E-state index < -0.39 is 0 Å². The highest BCUT2D eigenvalue weighted by molar-refractivity contribution is 7.18. The van der Waals surface area contributed by atoms with Crippen LogP contribution >= 0.6 is 11.3 Å². The molecule has 0 radical (unpaired) electrons. The second-order valence-electron chi connectivity index (χ2n) is 6.37. The third-order valence-corrected chi connectivity index (χ3v) is 5.35. The Hall–Kier alpha value is -2.74. The molecule has 0 aliphatic carbocycles. The molecule has 1 N–H and O–H groups in total. The molecule has 0 bridgehead atoms. The number of carbonyl (C=O) groups is 1. The van der Waals surface area contributed by atoms with E-state index in [0.717, 1.165) is 46.8 Å². The van der Waals surface area contributed by atoms with Gasteiger partial charge >= 0.3 is 0 Å². The molecule has 3 aromatic rings. The Labute approximate surface area is 154 Å². The SMILES string of the molecule is Cc1nc2cc(NC(=O)Cn3ncc(N4CCCC4)cc3=O)ccc2s1. The number of rotatable bonds is 4. The third-order valence-electron chi connectivity index (χ3n) is 4.40. The van der Waals surface area contributed by atoms with E-state index in [0.29, 0.717) is 5.69 Å². The predicted octanol–water partition coefficient (Wildman–Crippen LogP) is 2.40. The standard InChI is InChI=1S/C18H19N5O2S/c1-12-20-15-8-13(4-5-16(15)26-12)21-17(24)11-23-18(25)9-14(10-19-23)22-6-2-3-7-22/h4-5,8-10H,2-3,6-7,11H2,1H3,(H,21,24). The molecular weight excluding hydrogens is 350 g/mol. The lowest BCUT2D eigenvalue weighted by Gasteiger charge is -2.17. The van der Waals surface area contributed by atoms with E-state index in [1.165, 1.54) is 4.68 Å². The summed E-state index contributed by atoms with van der Waals surface area (Å²) < 4.78 is 2.26. The van der Waals surface area contributed by atoms with Crippen LogP contribution in [0.25, 0.3) is 10.2 Å². The first-order valence-electron chi connectivity index (χ1n) is 8.58. The van der Waals surface area contributed by atoms with E-state index >= 15 is 0 Å². The van der Waals surface area contributed by atoms with E-state index in [9.17, 15) is 9.59 Å². The summed E-state index contributed by atoms with van der Waals surface area (Å²) in [5.74, 6) is -0.292. The van der Waals surface area contributed by atoms with E-state index in [4.69, 9.17) is 0 Å². The lowest BCUT2D eigenvalue weighted by atomic mass is 10.3. The minimum absolute atomic E-state index is 0.118. The summed E-state index contributed by atoms with van der Waals surface area (Å²) in [7, 11) is 0. The van der Waals surface area contributed by atoms with Crippen LogP contribution in [-0.2, 0) is 11.3 Å². The summed E-state index contributed by atoms with van der Waals surface area (Å²) >= 11 is 1.61. The number of anilines is 2. The fourth-order valence-corrected chi connectivity index (χ4v) is 3.96. The Bertz CT molecular complexity index is 1020.